The van der Waals surface area contributed by atoms with Crippen molar-refractivity contribution in [2.45, 2.75) is 50.7 Å². The van der Waals surface area contributed by atoms with E-state index in [0.29, 0.717) is 12.2 Å². The molecule has 1 N–H and O–H groups in total. The Bertz CT molecular complexity index is 426. The van der Waals surface area contributed by atoms with E-state index in [4.69, 9.17) is 4.74 Å². The largest absolute Gasteiger partial charge is 0.490 e. The molecule has 0 radical (unpaired) electrons. The summed E-state index contributed by atoms with van der Waals surface area (Å²) in [5.74, 6) is 0.307. The van der Waals surface area contributed by atoms with Crippen molar-refractivity contribution in [1.82, 2.24) is 0 Å². The van der Waals surface area contributed by atoms with Crippen molar-refractivity contribution in [3.05, 3.63) is 30.1 Å². The van der Waals surface area contributed by atoms with E-state index in [0.717, 1.165) is 12.8 Å². The molecular formula is C15H19FO2. The molecule has 2 atom stereocenters. The SMILES string of the molecule is OC1CC(Oc2cccc(F)c2)C12CCCCC2. The summed E-state index contributed by atoms with van der Waals surface area (Å²) in [4.78, 5) is 0. The van der Waals surface area contributed by atoms with E-state index >= 15 is 0 Å². The van der Waals surface area contributed by atoms with E-state index in [1.54, 1.807) is 12.1 Å². The summed E-state index contributed by atoms with van der Waals surface area (Å²) >= 11 is 0. The minimum Gasteiger partial charge on any atom is -0.490 e. The molecule has 2 saturated carbocycles. The van der Waals surface area contributed by atoms with Crippen LogP contribution in [0.25, 0.3) is 0 Å². The zero-order chi connectivity index (χ0) is 12.6. The quantitative estimate of drug-likeness (QED) is 0.872. The van der Waals surface area contributed by atoms with Gasteiger partial charge in [0.15, 0.2) is 0 Å². The Morgan fingerprint density at radius 1 is 1.22 bits per heavy atom. The molecule has 2 nitrogen and oxygen atoms in total. The molecule has 2 fully saturated rings. The number of aliphatic hydroxyl groups excluding tert-OH is 1. The van der Waals surface area contributed by atoms with Gasteiger partial charge >= 0.3 is 0 Å². The van der Waals surface area contributed by atoms with Gasteiger partial charge in [-0.3, -0.25) is 0 Å². The van der Waals surface area contributed by atoms with E-state index in [1.165, 1.54) is 31.4 Å². The van der Waals surface area contributed by atoms with Crippen molar-refractivity contribution in [2.24, 2.45) is 5.41 Å². The predicted octanol–water partition coefficient (Wildman–Crippen LogP) is 3.29. The van der Waals surface area contributed by atoms with Gasteiger partial charge in [-0.1, -0.05) is 25.3 Å². The predicted molar refractivity (Wildman–Crippen MR) is 67.0 cm³/mol. The van der Waals surface area contributed by atoms with Crippen molar-refractivity contribution in [3.8, 4) is 5.75 Å². The van der Waals surface area contributed by atoms with Crippen LogP contribution in [0, 0.1) is 11.2 Å². The molecule has 1 aromatic rings. The van der Waals surface area contributed by atoms with Crippen LogP contribution in [-0.4, -0.2) is 17.3 Å². The Balaban J connectivity index is 1.73. The van der Waals surface area contributed by atoms with Gasteiger partial charge in [-0.05, 0) is 25.0 Å². The molecule has 1 spiro atoms. The highest BCUT2D eigenvalue weighted by atomic mass is 19.1. The minimum atomic E-state index is -0.273. The summed E-state index contributed by atoms with van der Waals surface area (Å²) < 4.78 is 19.0. The maximum atomic E-state index is 13.1. The Hall–Kier alpha value is -1.09. The van der Waals surface area contributed by atoms with Crippen LogP contribution in [0.4, 0.5) is 4.39 Å². The Morgan fingerprint density at radius 3 is 2.67 bits per heavy atom. The lowest BCUT2D eigenvalue weighted by Crippen LogP contribution is -2.60. The fraction of sp³-hybridized carbons (Fsp3) is 0.600. The van der Waals surface area contributed by atoms with Crippen LogP contribution in [0.3, 0.4) is 0 Å². The lowest BCUT2D eigenvalue weighted by Gasteiger charge is -2.55. The van der Waals surface area contributed by atoms with Gasteiger partial charge in [0.1, 0.15) is 17.7 Å². The molecule has 0 aliphatic heterocycles. The zero-order valence-electron chi connectivity index (χ0n) is 10.4. The first-order valence-corrected chi connectivity index (χ1v) is 6.81. The van der Waals surface area contributed by atoms with Crippen LogP contribution in [0.5, 0.6) is 5.75 Å². The van der Waals surface area contributed by atoms with Crippen molar-refractivity contribution >= 4 is 0 Å². The van der Waals surface area contributed by atoms with Crippen LogP contribution in [0.1, 0.15) is 38.5 Å². The zero-order valence-corrected chi connectivity index (χ0v) is 10.4. The van der Waals surface area contributed by atoms with Gasteiger partial charge in [-0.15, -0.1) is 0 Å². The second-order valence-corrected chi connectivity index (χ2v) is 5.61. The van der Waals surface area contributed by atoms with Gasteiger partial charge in [0.05, 0.1) is 6.10 Å². The highest BCUT2D eigenvalue weighted by Crippen LogP contribution is 2.53. The Morgan fingerprint density at radius 2 is 2.00 bits per heavy atom. The summed E-state index contributed by atoms with van der Waals surface area (Å²) in [5, 5.41) is 10.1. The summed E-state index contributed by atoms with van der Waals surface area (Å²) in [5.41, 5.74) is -0.0649. The van der Waals surface area contributed by atoms with Gasteiger partial charge in [-0.25, -0.2) is 4.39 Å². The standard InChI is InChI=1S/C15H19FO2/c16-11-5-4-6-12(9-11)18-14-10-13(17)15(14)7-2-1-3-8-15/h4-6,9,13-14,17H,1-3,7-8,10H2. The number of hydrogen-bond acceptors (Lipinski definition) is 2. The smallest absolute Gasteiger partial charge is 0.126 e. The molecule has 3 heteroatoms. The van der Waals surface area contributed by atoms with Crippen LogP contribution < -0.4 is 4.74 Å². The van der Waals surface area contributed by atoms with Crippen LogP contribution in [0.2, 0.25) is 0 Å². The first-order valence-electron chi connectivity index (χ1n) is 6.81. The van der Waals surface area contributed by atoms with Gasteiger partial charge in [0, 0.05) is 17.9 Å². The van der Waals surface area contributed by atoms with Crippen molar-refractivity contribution < 1.29 is 14.2 Å². The molecule has 0 aromatic heterocycles. The second kappa shape index (κ2) is 4.54. The van der Waals surface area contributed by atoms with Gasteiger partial charge < -0.3 is 9.84 Å². The molecule has 98 valence electrons. The minimum absolute atomic E-state index is 0.0506. The summed E-state index contributed by atoms with van der Waals surface area (Å²) in [6.45, 7) is 0. The van der Waals surface area contributed by atoms with Gasteiger partial charge in [0.25, 0.3) is 0 Å². The molecule has 0 amide bonds. The third-order valence-electron chi connectivity index (χ3n) is 4.60. The van der Waals surface area contributed by atoms with Crippen LogP contribution in [0.15, 0.2) is 24.3 Å². The van der Waals surface area contributed by atoms with E-state index in [9.17, 15) is 9.50 Å². The van der Waals surface area contributed by atoms with E-state index in [1.807, 2.05) is 0 Å². The first kappa shape index (κ1) is 12.0. The van der Waals surface area contributed by atoms with Crippen molar-refractivity contribution in [2.75, 3.05) is 0 Å². The Kier molecular flexibility index (Phi) is 3.02. The highest BCUT2D eigenvalue weighted by molar-refractivity contribution is 5.24. The van der Waals surface area contributed by atoms with E-state index < -0.39 is 0 Å². The van der Waals surface area contributed by atoms with Gasteiger partial charge in [0.2, 0.25) is 0 Å². The molecule has 18 heavy (non-hydrogen) atoms. The fourth-order valence-corrected chi connectivity index (χ4v) is 3.46. The Labute approximate surface area is 107 Å². The molecule has 0 heterocycles. The van der Waals surface area contributed by atoms with E-state index in [-0.39, 0.29) is 23.4 Å². The molecular weight excluding hydrogens is 231 g/mol. The number of benzene rings is 1. The third-order valence-corrected chi connectivity index (χ3v) is 4.60. The second-order valence-electron chi connectivity index (χ2n) is 5.61. The maximum absolute atomic E-state index is 13.1. The monoisotopic (exact) mass is 250 g/mol. The van der Waals surface area contributed by atoms with Gasteiger partial charge in [-0.2, -0.15) is 0 Å². The van der Waals surface area contributed by atoms with Crippen LogP contribution >= 0.6 is 0 Å². The fourth-order valence-electron chi connectivity index (χ4n) is 3.46. The van der Waals surface area contributed by atoms with E-state index in [2.05, 4.69) is 0 Å². The lowest BCUT2D eigenvalue weighted by molar-refractivity contribution is -0.172. The molecule has 2 aliphatic carbocycles. The number of halogens is 1. The molecule has 2 aliphatic rings. The molecule has 1 aromatic carbocycles. The first-order chi connectivity index (χ1) is 8.71. The summed E-state index contributed by atoms with van der Waals surface area (Å²) in [7, 11) is 0. The average molecular weight is 250 g/mol. The summed E-state index contributed by atoms with van der Waals surface area (Å²) in [6, 6.07) is 6.28. The topological polar surface area (TPSA) is 29.5 Å². The van der Waals surface area contributed by atoms with Crippen molar-refractivity contribution in [3.63, 3.8) is 0 Å². The number of rotatable bonds is 2. The molecule has 3 rings (SSSR count). The van der Waals surface area contributed by atoms with Crippen molar-refractivity contribution in [1.29, 1.82) is 0 Å². The number of aliphatic hydroxyl groups is 1. The molecule has 2 unspecified atom stereocenters. The summed E-state index contributed by atoms with van der Waals surface area (Å²) in [6.07, 6.45) is 6.14. The third kappa shape index (κ3) is 1.91. The maximum Gasteiger partial charge on any atom is 0.126 e. The average Bonchev–Trinajstić information content (AvgIpc) is 2.39. The number of hydrogen-bond donors (Lipinski definition) is 1. The number of ether oxygens (including phenoxy) is 1. The van der Waals surface area contributed by atoms with Crippen LogP contribution in [-0.2, 0) is 0 Å². The molecule has 0 bridgehead atoms. The molecule has 0 saturated heterocycles. The normalized spacial score (nSPS) is 29.9. The lowest BCUT2D eigenvalue weighted by atomic mass is 9.56. The highest BCUT2D eigenvalue weighted by Gasteiger charge is 2.56.